The molecule has 1 aromatic carbocycles. The highest BCUT2D eigenvalue weighted by Crippen LogP contribution is 2.29. The highest BCUT2D eigenvalue weighted by Gasteiger charge is 2.23. The number of nitrogens with one attached hydrogen (secondary N) is 2. The van der Waals surface area contributed by atoms with Gasteiger partial charge in [-0.3, -0.25) is 4.79 Å². The summed E-state index contributed by atoms with van der Waals surface area (Å²) < 4.78 is 7.32. The maximum atomic E-state index is 13.2. The predicted octanol–water partition coefficient (Wildman–Crippen LogP) is 3.53. The number of aryl methyl sites for hydroxylation is 1. The molecule has 1 unspecified atom stereocenters. The van der Waals surface area contributed by atoms with Gasteiger partial charge in [0.25, 0.3) is 5.91 Å². The third-order valence-electron chi connectivity index (χ3n) is 5.43. The average molecular weight is 393 g/mol. The van der Waals surface area contributed by atoms with E-state index in [4.69, 9.17) is 4.74 Å². The summed E-state index contributed by atoms with van der Waals surface area (Å²) in [7, 11) is 0. The fourth-order valence-electron chi connectivity index (χ4n) is 3.73. The number of amides is 1. The van der Waals surface area contributed by atoms with E-state index < -0.39 is 0 Å². The second-order valence-electron chi connectivity index (χ2n) is 7.38. The van der Waals surface area contributed by atoms with Crippen molar-refractivity contribution < 1.29 is 9.53 Å². The average Bonchev–Trinajstić information content (AvgIpc) is 3.19. The van der Waals surface area contributed by atoms with Crippen LogP contribution in [-0.2, 0) is 11.3 Å². The summed E-state index contributed by atoms with van der Waals surface area (Å²) in [5.74, 6) is -0.144. The van der Waals surface area contributed by atoms with Crippen LogP contribution in [0.25, 0.3) is 11.0 Å². The van der Waals surface area contributed by atoms with Gasteiger partial charge in [-0.2, -0.15) is 5.10 Å². The van der Waals surface area contributed by atoms with Crippen molar-refractivity contribution in [3.63, 3.8) is 0 Å². The standard InChI is InChI=1S/C22H27N5O2/c1-3-27-21-18(14-24-27)20(26-17-9-11-29-12-10-17)19(13-23-21)22(28)25-15(2)16-7-5-4-6-8-16/h4-8,13-15,17H,3,9-12H2,1-2H3,(H,23,26)(H,25,28). The Morgan fingerprint density at radius 1 is 1.24 bits per heavy atom. The first-order chi connectivity index (χ1) is 14.2. The van der Waals surface area contributed by atoms with Crippen LogP contribution in [0.4, 0.5) is 5.69 Å². The summed E-state index contributed by atoms with van der Waals surface area (Å²) in [5.41, 5.74) is 3.20. The molecule has 29 heavy (non-hydrogen) atoms. The predicted molar refractivity (Wildman–Crippen MR) is 113 cm³/mol. The molecule has 7 nitrogen and oxygen atoms in total. The van der Waals surface area contributed by atoms with Crippen LogP contribution in [0.15, 0.2) is 42.7 Å². The molecular weight excluding hydrogens is 366 g/mol. The molecule has 1 aliphatic rings. The molecule has 1 amide bonds. The van der Waals surface area contributed by atoms with Crippen LogP contribution in [0.1, 0.15) is 48.7 Å². The maximum absolute atomic E-state index is 13.2. The lowest BCUT2D eigenvalue weighted by molar-refractivity contribution is 0.0903. The Morgan fingerprint density at radius 3 is 2.72 bits per heavy atom. The molecule has 4 rings (SSSR count). The molecule has 0 aliphatic carbocycles. The molecule has 3 heterocycles. The minimum atomic E-state index is -0.144. The number of rotatable bonds is 6. The van der Waals surface area contributed by atoms with Crippen molar-refractivity contribution in [3.05, 3.63) is 53.9 Å². The van der Waals surface area contributed by atoms with Crippen molar-refractivity contribution >= 4 is 22.6 Å². The summed E-state index contributed by atoms with van der Waals surface area (Å²) >= 11 is 0. The van der Waals surface area contributed by atoms with Crippen molar-refractivity contribution in [2.45, 2.75) is 45.3 Å². The van der Waals surface area contributed by atoms with Gasteiger partial charge in [0.15, 0.2) is 5.65 Å². The minimum Gasteiger partial charge on any atom is -0.381 e. The lowest BCUT2D eigenvalue weighted by Crippen LogP contribution is -2.31. The Morgan fingerprint density at radius 2 is 2.00 bits per heavy atom. The molecule has 1 fully saturated rings. The van der Waals surface area contributed by atoms with E-state index in [9.17, 15) is 4.79 Å². The number of nitrogens with zero attached hydrogens (tertiary/aromatic N) is 3. The van der Waals surface area contributed by atoms with Gasteiger partial charge in [-0.15, -0.1) is 0 Å². The summed E-state index contributed by atoms with van der Waals surface area (Å²) in [6, 6.07) is 10.1. The van der Waals surface area contributed by atoms with Gasteiger partial charge in [-0.05, 0) is 32.3 Å². The Labute approximate surface area is 170 Å². The van der Waals surface area contributed by atoms with Gasteiger partial charge in [-0.1, -0.05) is 30.3 Å². The van der Waals surface area contributed by atoms with Crippen LogP contribution in [0, 0.1) is 0 Å². The Hall–Kier alpha value is -2.93. The normalized spacial score (nSPS) is 15.9. The molecule has 3 aromatic rings. The van der Waals surface area contributed by atoms with Gasteiger partial charge >= 0.3 is 0 Å². The molecule has 1 atom stereocenters. The number of ether oxygens (including phenoxy) is 1. The van der Waals surface area contributed by atoms with Gasteiger partial charge in [0.1, 0.15) is 0 Å². The summed E-state index contributed by atoms with van der Waals surface area (Å²) in [6.07, 6.45) is 5.27. The van der Waals surface area contributed by atoms with Crippen LogP contribution < -0.4 is 10.6 Å². The third-order valence-corrected chi connectivity index (χ3v) is 5.43. The summed E-state index contributed by atoms with van der Waals surface area (Å²) in [4.78, 5) is 17.7. The number of carbonyl (C=O) groups is 1. The fourth-order valence-corrected chi connectivity index (χ4v) is 3.73. The molecule has 7 heteroatoms. The number of fused-ring (bicyclic) bond motifs is 1. The molecule has 152 valence electrons. The highest BCUT2D eigenvalue weighted by molar-refractivity contribution is 6.06. The number of carbonyl (C=O) groups excluding carboxylic acids is 1. The zero-order chi connectivity index (χ0) is 20.2. The Balaban J connectivity index is 1.66. The maximum Gasteiger partial charge on any atom is 0.255 e. The molecule has 0 spiro atoms. The first-order valence-corrected chi connectivity index (χ1v) is 10.2. The van der Waals surface area contributed by atoms with E-state index in [1.165, 1.54) is 0 Å². The third kappa shape index (κ3) is 4.10. The SMILES string of the molecule is CCn1ncc2c(NC3CCOCC3)c(C(=O)NC(C)c3ccccc3)cnc21. The van der Waals surface area contributed by atoms with Crippen molar-refractivity contribution in [1.82, 2.24) is 20.1 Å². The summed E-state index contributed by atoms with van der Waals surface area (Å²) in [5, 5.41) is 12.0. The molecule has 2 N–H and O–H groups in total. The Bertz CT molecular complexity index is 980. The van der Waals surface area contributed by atoms with E-state index in [0.29, 0.717) is 5.56 Å². The summed E-state index contributed by atoms with van der Waals surface area (Å²) in [6.45, 7) is 6.20. The number of aromatic nitrogens is 3. The number of hydrogen-bond donors (Lipinski definition) is 2. The van der Waals surface area contributed by atoms with Crippen LogP contribution in [0.3, 0.4) is 0 Å². The number of pyridine rings is 1. The van der Waals surface area contributed by atoms with Crippen LogP contribution in [0.5, 0.6) is 0 Å². The van der Waals surface area contributed by atoms with Crippen molar-refractivity contribution in [2.24, 2.45) is 0 Å². The smallest absolute Gasteiger partial charge is 0.255 e. The van der Waals surface area contributed by atoms with Crippen LogP contribution in [-0.4, -0.2) is 39.9 Å². The topological polar surface area (TPSA) is 81.1 Å². The fraction of sp³-hybridized carbons (Fsp3) is 0.409. The molecule has 0 bridgehead atoms. The first kappa shape index (κ1) is 19.4. The largest absolute Gasteiger partial charge is 0.381 e. The number of benzene rings is 1. The zero-order valence-electron chi connectivity index (χ0n) is 16.9. The minimum absolute atomic E-state index is 0.103. The molecule has 0 radical (unpaired) electrons. The quantitative estimate of drug-likeness (QED) is 0.670. The molecule has 1 saturated heterocycles. The van der Waals surface area contributed by atoms with E-state index in [1.54, 1.807) is 12.4 Å². The van der Waals surface area contributed by atoms with Gasteiger partial charge in [0.2, 0.25) is 0 Å². The second kappa shape index (κ2) is 8.61. The van der Waals surface area contributed by atoms with E-state index in [-0.39, 0.29) is 18.0 Å². The van der Waals surface area contributed by atoms with E-state index in [1.807, 2.05) is 48.9 Å². The van der Waals surface area contributed by atoms with Crippen LogP contribution in [0.2, 0.25) is 0 Å². The lowest BCUT2D eigenvalue weighted by Gasteiger charge is -2.26. The van der Waals surface area contributed by atoms with E-state index >= 15 is 0 Å². The van der Waals surface area contributed by atoms with Crippen molar-refractivity contribution in [1.29, 1.82) is 0 Å². The van der Waals surface area contributed by atoms with Crippen LogP contribution >= 0.6 is 0 Å². The first-order valence-electron chi connectivity index (χ1n) is 10.2. The lowest BCUT2D eigenvalue weighted by atomic mass is 10.1. The second-order valence-corrected chi connectivity index (χ2v) is 7.38. The zero-order valence-corrected chi connectivity index (χ0v) is 16.9. The molecule has 2 aromatic heterocycles. The monoisotopic (exact) mass is 393 g/mol. The Kier molecular flexibility index (Phi) is 5.76. The van der Waals surface area contributed by atoms with Crippen molar-refractivity contribution in [3.8, 4) is 0 Å². The van der Waals surface area contributed by atoms with Crippen molar-refractivity contribution in [2.75, 3.05) is 18.5 Å². The molecule has 1 aliphatic heterocycles. The van der Waals surface area contributed by atoms with Gasteiger partial charge in [0.05, 0.1) is 28.9 Å². The molecule has 0 saturated carbocycles. The van der Waals surface area contributed by atoms with Gasteiger partial charge in [-0.25, -0.2) is 9.67 Å². The number of anilines is 1. The van der Waals surface area contributed by atoms with Gasteiger partial charge in [0, 0.05) is 32.0 Å². The van der Waals surface area contributed by atoms with Gasteiger partial charge < -0.3 is 15.4 Å². The van der Waals surface area contributed by atoms with E-state index in [2.05, 4.69) is 20.7 Å². The highest BCUT2D eigenvalue weighted by atomic mass is 16.5. The molecular formula is C22H27N5O2. The number of hydrogen-bond acceptors (Lipinski definition) is 5. The van der Waals surface area contributed by atoms with E-state index in [0.717, 1.165) is 54.9 Å².